The van der Waals surface area contributed by atoms with Crippen LogP contribution >= 0.6 is 0 Å². The molecule has 1 aliphatic rings. The molecule has 1 atom stereocenters. The lowest BCUT2D eigenvalue weighted by molar-refractivity contribution is -0.134. The quantitative estimate of drug-likeness (QED) is 0.580. The Morgan fingerprint density at radius 2 is 2.19 bits per heavy atom. The second kappa shape index (κ2) is 9.19. The van der Waals surface area contributed by atoms with Crippen LogP contribution in [0.5, 0.6) is 5.75 Å². The number of carbonyl (C=O) groups excluding carboxylic acids is 2. The zero-order chi connectivity index (χ0) is 19.1. The molecule has 1 heterocycles. The van der Waals surface area contributed by atoms with Gasteiger partial charge in [0.25, 0.3) is 0 Å². The normalized spacial score (nSPS) is 17.7. The molecule has 0 spiro atoms. The van der Waals surface area contributed by atoms with Gasteiger partial charge in [-0.3, -0.25) is 14.5 Å². The Hall–Kier alpha value is -2.61. The zero-order valence-corrected chi connectivity index (χ0v) is 15.0. The number of hydrogen-bond acceptors (Lipinski definition) is 5. The maximum Gasteiger partial charge on any atom is 0.335 e. The summed E-state index contributed by atoms with van der Waals surface area (Å²) >= 11 is 0. The van der Waals surface area contributed by atoms with Crippen LogP contribution in [0, 0.1) is 0 Å². The molecule has 1 aromatic carbocycles. The largest absolute Gasteiger partial charge is 0.492 e. The van der Waals surface area contributed by atoms with Gasteiger partial charge in [-0.1, -0.05) is 6.07 Å². The summed E-state index contributed by atoms with van der Waals surface area (Å²) in [5.41, 5.74) is 0.142. The molecular formula is C18H25N3O5. The fourth-order valence-electron chi connectivity index (χ4n) is 2.89. The first-order valence-electron chi connectivity index (χ1n) is 8.65. The molecule has 0 saturated carbocycles. The van der Waals surface area contributed by atoms with Gasteiger partial charge >= 0.3 is 5.97 Å². The molecule has 1 unspecified atom stereocenters. The van der Waals surface area contributed by atoms with E-state index < -0.39 is 12.0 Å². The molecule has 1 aromatic rings. The lowest BCUT2D eigenvalue weighted by Crippen LogP contribution is -2.58. The van der Waals surface area contributed by atoms with E-state index in [4.69, 9.17) is 9.84 Å². The molecule has 8 heteroatoms. The van der Waals surface area contributed by atoms with Gasteiger partial charge in [-0.15, -0.1) is 0 Å². The van der Waals surface area contributed by atoms with E-state index in [0.29, 0.717) is 12.3 Å². The lowest BCUT2D eigenvalue weighted by Gasteiger charge is -2.37. The number of rotatable bonds is 8. The van der Waals surface area contributed by atoms with Gasteiger partial charge in [-0.05, 0) is 32.0 Å². The molecule has 0 bridgehead atoms. The van der Waals surface area contributed by atoms with Crippen LogP contribution in [-0.2, 0) is 9.59 Å². The Labute approximate surface area is 152 Å². The van der Waals surface area contributed by atoms with Crippen LogP contribution < -0.4 is 15.4 Å². The zero-order valence-electron chi connectivity index (χ0n) is 15.0. The van der Waals surface area contributed by atoms with Crippen LogP contribution in [0.2, 0.25) is 0 Å². The van der Waals surface area contributed by atoms with Crippen molar-refractivity contribution in [1.29, 1.82) is 0 Å². The summed E-state index contributed by atoms with van der Waals surface area (Å²) in [5, 5.41) is 14.5. The van der Waals surface area contributed by atoms with Crippen LogP contribution in [0.25, 0.3) is 0 Å². The molecule has 142 valence electrons. The third-order valence-corrected chi connectivity index (χ3v) is 4.19. The Morgan fingerprint density at radius 3 is 2.88 bits per heavy atom. The fourth-order valence-corrected chi connectivity index (χ4v) is 2.89. The number of hydrogen-bond donors (Lipinski definition) is 3. The van der Waals surface area contributed by atoms with Crippen LogP contribution in [0.15, 0.2) is 24.3 Å². The van der Waals surface area contributed by atoms with Gasteiger partial charge in [0.05, 0.1) is 24.6 Å². The lowest BCUT2D eigenvalue weighted by atomic mass is 10.1. The number of nitrogens with zero attached hydrogens (tertiary/aromatic N) is 1. The number of nitrogens with one attached hydrogen (secondary N) is 2. The van der Waals surface area contributed by atoms with Gasteiger partial charge in [-0.25, -0.2) is 4.79 Å². The molecular weight excluding hydrogens is 338 g/mol. The maximum atomic E-state index is 12.1. The molecule has 26 heavy (non-hydrogen) atoms. The van der Waals surface area contributed by atoms with Crippen LogP contribution in [0.3, 0.4) is 0 Å². The minimum absolute atomic E-state index is 0.0957. The van der Waals surface area contributed by atoms with Gasteiger partial charge in [0.2, 0.25) is 11.8 Å². The molecule has 0 radical (unpaired) electrons. The second-order valence-corrected chi connectivity index (χ2v) is 6.37. The van der Waals surface area contributed by atoms with Crippen molar-refractivity contribution in [2.45, 2.75) is 32.4 Å². The van der Waals surface area contributed by atoms with E-state index in [0.717, 1.165) is 6.54 Å². The van der Waals surface area contributed by atoms with Crippen molar-refractivity contribution in [2.75, 3.05) is 26.2 Å². The van der Waals surface area contributed by atoms with Crippen LogP contribution in [-0.4, -0.2) is 66.1 Å². The summed E-state index contributed by atoms with van der Waals surface area (Å²) in [5.74, 6) is -0.941. The number of carbonyl (C=O) groups is 3. The molecule has 1 aliphatic heterocycles. The minimum atomic E-state index is -1.02. The van der Waals surface area contributed by atoms with Crippen molar-refractivity contribution in [3.05, 3.63) is 29.8 Å². The van der Waals surface area contributed by atoms with Crippen molar-refractivity contribution in [3.8, 4) is 5.75 Å². The highest BCUT2D eigenvalue weighted by atomic mass is 16.5. The van der Waals surface area contributed by atoms with E-state index in [1.807, 2.05) is 18.7 Å². The molecule has 1 saturated heterocycles. The Balaban J connectivity index is 1.77. The Kier molecular flexibility index (Phi) is 6.97. The SMILES string of the molecule is CC(C)N1CCNC(=O)C1CC(=O)NCCOc1cccc(C(=O)O)c1. The first-order valence-corrected chi connectivity index (χ1v) is 8.65. The van der Waals surface area contributed by atoms with Crippen molar-refractivity contribution in [1.82, 2.24) is 15.5 Å². The molecule has 0 aromatic heterocycles. The third-order valence-electron chi connectivity index (χ3n) is 4.19. The smallest absolute Gasteiger partial charge is 0.335 e. The summed E-state index contributed by atoms with van der Waals surface area (Å²) < 4.78 is 5.45. The number of carboxylic acid groups (broad SMARTS) is 1. The standard InChI is InChI=1S/C18H25N3O5/c1-12(2)21-8-6-20-17(23)15(21)11-16(22)19-7-9-26-14-5-3-4-13(10-14)18(24)25/h3-5,10,12,15H,6-9,11H2,1-2H3,(H,19,22)(H,20,23)(H,24,25). The molecule has 0 aliphatic carbocycles. The van der Waals surface area contributed by atoms with Gasteiger partial charge in [0.15, 0.2) is 0 Å². The Morgan fingerprint density at radius 1 is 1.42 bits per heavy atom. The number of aromatic carboxylic acids is 1. The second-order valence-electron chi connectivity index (χ2n) is 6.37. The third kappa shape index (κ3) is 5.45. The number of ether oxygens (including phenoxy) is 1. The summed E-state index contributed by atoms with van der Waals surface area (Å²) in [6.07, 6.45) is 0.0957. The van der Waals surface area contributed by atoms with E-state index in [2.05, 4.69) is 10.6 Å². The first kappa shape index (κ1) is 19.7. The number of piperazine rings is 1. The summed E-state index contributed by atoms with van der Waals surface area (Å²) in [4.78, 5) is 37.1. The highest BCUT2D eigenvalue weighted by molar-refractivity contribution is 5.89. The van der Waals surface area contributed by atoms with Gasteiger partial charge < -0.3 is 20.5 Å². The minimum Gasteiger partial charge on any atom is -0.492 e. The monoisotopic (exact) mass is 363 g/mol. The predicted molar refractivity (Wildman–Crippen MR) is 95.2 cm³/mol. The molecule has 3 N–H and O–H groups in total. The van der Waals surface area contributed by atoms with Gasteiger partial charge in [-0.2, -0.15) is 0 Å². The predicted octanol–water partition coefficient (Wildman–Crippen LogP) is 0.479. The van der Waals surface area contributed by atoms with Gasteiger partial charge in [0.1, 0.15) is 12.4 Å². The molecule has 1 fully saturated rings. The van der Waals surface area contributed by atoms with E-state index in [1.54, 1.807) is 12.1 Å². The average Bonchev–Trinajstić information content (AvgIpc) is 2.60. The van der Waals surface area contributed by atoms with Gasteiger partial charge in [0, 0.05) is 19.1 Å². The van der Waals surface area contributed by atoms with Crippen LogP contribution in [0.4, 0.5) is 0 Å². The first-order chi connectivity index (χ1) is 12.4. The van der Waals surface area contributed by atoms with E-state index in [9.17, 15) is 14.4 Å². The average molecular weight is 363 g/mol. The van der Waals surface area contributed by atoms with Crippen LogP contribution in [0.1, 0.15) is 30.6 Å². The van der Waals surface area contributed by atoms with Crippen molar-refractivity contribution in [3.63, 3.8) is 0 Å². The highest BCUT2D eigenvalue weighted by Gasteiger charge is 2.32. The van der Waals surface area contributed by atoms with Crippen molar-refractivity contribution in [2.24, 2.45) is 0 Å². The summed E-state index contributed by atoms with van der Waals surface area (Å²) in [7, 11) is 0. The topological polar surface area (TPSA) is 108 Å². The van der Waals surface area contributed by atoms with Crippen molar-refractivity contribution >= 4 is 17.8 Å². The van der Waals surface area contributed by atoms with E-state index >= 15 is 0 Å². The number of amides is 2. The summed E-state index contributed by atoms with van der Waals surface area (Å²) in [6, 6.07) is 5.88. The summed E-state index contributed by atoms with van der Waals surface area (Å²) in [6.45, 7) is 5.81. The molecule has 2 amide bonds. The Bertz CT molecular complexity index is 662. The van der Waals surface area contributed by atoms with Crippen molar-refractivity contribution < 1.29 is 24.2 Å². The van der Waals surface area contributed by atoms with E-state index in [1.165, 1.54) is 12.1 Å². The van der Waals surface area contributed by atoms with E-state index in [-0.39, 0.29) is 43.0 Å². The maximum absolute atomic E-state index is 12.1. The fraction of sp³-hybridized carbons (Fsp3) is 0.500. The molecule has 2 rings (SSSR count). The number of benzene rings is 1. The number of carboxylic acids is 1. The highest BCUT2D eigenvalue weighted by Crippen LogP contribution is 2.14. The molecule has 8 nitrogen and oxygen atoms in total.